The summed E-state index contributed by atoms with van der Waals surface area (Å²) < 4.78 is 0. The Morgan fingerprint density at radius 1 is 0.686 bits per heavy atom. The topological polar surface area (TPSA) is 406 Å². The summed E-state index contributed by atoms with van der Waals surface area (Å²) >= 11 is 0. The molecule has 0 aromatic carbocycles. The molecule has 0 heterocycles. The predicted molar refractivity (Wildman–Crippen MR) is 177 cm³/mol. The summed E-state index contributed by atoms with van der Waals surface area (Å²) in [6.07, 6.45) is -1.89. The van der Waals surface area contributed by atoms with Crippen LogP contribution in [0.25, 0.3) is 0 Å². The van der Waals surface area contributed by atoms with Crippen LogP contribution in [0.1, 0.15) is 46.5 Å². The van der Waals surface area contributed by atoms with Crippen LogP contribution in [-0.2, 0) is 38.4 Å². The summed E-state index contributed by atoms with van der Waals surface area (Å²) in [4.78, 5) is 103. The van der Waals surface area contributed by atoms with Crippen molar-refractivity contribution in [1.82, 2.24) is 31.9 Å². The fourth-order valence-electron chi connectivity index (χ4n) is 4.05. The molecule has 18 N–H and O–H groups in total. The second kappa shape index (κ2) is 23.3. The van der Waals surface area contributed by atoms with Gasteiger partial charge in [0.2, 0.25) is 41.4 Å². The number of aliphatic imine (C=N–C) groups is 1. The molecule has 7 amide bonds. The van der Waals surface area contributed by atoms with Crippen LogP contribution >= 0.6 is 0 Å². The predicted octanol–water partition coefficient (Wildman–Crippen LogP) is -7.72. The highest BCUT2D eigenvalue weighted by Crippen LogP contribution is 2.07. The fraction of sp³-hybridized carbons (Fsp3) is 0.679. The quantitative estimate of drug-likeness (QED) is 0.0249. The van der Waals surface area contributed by atoms with Crippen LogP contribution in [0.3, 0.4) is 0 Å². The number of aliphatic carboxylic acids is 1. The first-order valence-corrected chi connectivity index (χ1v) is 15.8. The average Bonchev–Trinajstić information content (AvgIpc) is 3.05. The average molecular weight is 734 g/mol. The van der Waals surface area contributed by atoms with Crippen molar-refractivity contribution in [3.63, 3.8) is 0 Å². The molecule has 23 nitrogen and oxygen atoms in total. The van der Waals surface area contributed by atoms with Crippen LogP contribution in [0.4, 0.5) is 0 Å². The first kappa shape index (κ1) is 45.9. The van der Waals surface area contributed by atoms with Crippen molar-refractivity contribution >= 4 is 53.3 Å². The molecular weight excluding hydrogens is 682 g/mol. The Morgan fingerprint density at radius 2 is 1.22 bits per heavy atom. The van der Waals surface area contributed by atoms with Crippen LogP contribution in [0.2, 0.25) is 0 Å². The number of carboxylic acid groups (broad SMARTS) is 1. The lowest BCUT2D eigenvalue weighted by atomic mass is 10.0. The molecule has 0 aliphatic heterocycles. The van der Waals surface area contributed by atoms with E-state index in [1.807, 2.05) is 0 Å². The maximum absolute atomic E-state index is 13.4. The van der Waals surface area contributed by atoms with Gasteiger partial charge in [0.15, 0.2) is 5.96 Å². The second-order valence-electron chi connectivity index (χ2n) is 11.7. The van der Waals surface area contributed by atoms with Crippen LogP contribution in [0.5, 0.6) is 0 Å². The number of primary amides is 1. The number of carbonyl (C=O) groups is 8. The number of nitrogens with zero attached hydrogens (tertiary/aromatic N) is 1. The van der Waals surface area contributed by atoms with E-state index in [0.29, 0.717) is 0 Å². The van der Waals surface area contributed by atoms with Gasteiger partial charge in [0, 0.05) is 13.0 Å². The van der Waals surface area contributed by atoms with Crippen LogP contribution in [0, 0.1) is 5.92 Å². The third kappa shape index (κ3) is 17.9. The Hall–Kier alpha value is -5.13. The minimum atomic E-state index is -1.63. The third-order valence-electron chi connectivity index (χ3n) is 7.01. The van der Waals surface area contributed by atoms with Crippen LogP contribution in [-0.4, -0.2) is 142 Å². The van der Waals surface area contributed by atoms with E-state index in [1.54, 1.807) is 0 Å². The number of guanidine groups is 1. The number of amides is 7. The Morgan fingerprint density at radius 3 is 1.71 bits per heavy atom. The molecule has 290 valence electrons. The van der Waals surface area contributed by atoms with Crippen molar-refractivity contribution in [2.24, 2.45) is 33.8 Å². The molecule has 23 heteroatoms. The summed E-state index contributed by atoms with van der Waals surface area (Å²) in [5.41, 5.74) is 21.2. The highest BCUT2D eigenvalue weighted by Gasteiger charge is 2.33. The normalized spacial score (nSPS) is 15.0. The van der Waals surface area contributed by atoms with E-state index in [0.717, 1.165) is 0 Å². The van der Waals surface area contributed by atoms with E-state index in [2.05, 4.69) is 36.9 Å². The van der Waals surface area contributed by atoms with Gasteiger partial charge in [-0.2, -0.15) is 0 Å². The first-order chi connectivity index (χ1) is 23.7. The van der Waals surface area contributed by atoms with Gasteiger partial charge in [-0.15, -0.1) is 0 Å². The van der Waals surface area contributed by atoms with Crippen molar-refractivity contribution in [3.8, 4) is 0 Å². The molecule has 0 unspecified atom stereocenters. The molecule has 0 saturated heterocycles. The molecule has 0 aromatic rings. The number of hydrogen-bond acceptors (Lipinski definition) is 13. The number of carbonyl (C=O) groups excluding carboxylic acids is 7. The molecule has 51 heavy (non-hydrogen) atoms. The molecular formula is C28H51N11O12. The SMILES string of the molecule is CC(C)[C@H](NC(=O)[C@H](CCCN=C(N)N)NC(=O)[C@H](CO)NC(=O)[C@@H](N)[C@@H](C)O)C(=O)N[C@@H](CO)C(=O)NCC(=O)N[C@@H](CCC(N)=O)C(=O)O. The van der Waals surface area contributed by atoms with Crippen molar-refractivity contribution in [2.75, 3.05) is 26.3 Å². The summed E-state index contributed by atoms with van der Waals surface area (Å²) in [5.74, 6) is -8.96. The number of rotatable bonds is 24. The highest BCUT2D eigenvalue weighted by atomic mass is 16.4. The molecule has 0 aliphatic rings. The Labute approximate surface area is 293 Å². The van der Waals surface area contributed by atoms with E-state index in [1.165, 1.54) is 20.8 Å². The van der Waals surface area contributed by atoms with E-state index >= 15 is 0 Å². The van der Waals surface area contributed by atoms with Gasteiger partial charge in [-0.1, -0.05) is 13.8 Å². The molecule has 0 bridgehead atoms. The number of aliphatic hydroxyl groups excluding tert-OH is 3. The van der Waals surface area contributed by atoms with Crippen molar-refractivity contribution in [3.05, 3.63) is 0 Å². The summed E-state index contributed by atoms with van der Waals surface area (Å²) in [6.45, 7) is 1.72. The molecule has 0 aromatic heterocycles. The maximum atomic E-state index is 13.4. The monoisotopic (exact) mass is 733 g/mol. The lowest BCUT2D eigenvalue weighted by Gasteiger charge is -2.28. The molecule has 0 aliphatic carbocycles. The molecule has 0 fully saturated rings. The van der Waals surface area contributed by atoms with E-state index in [-0.39, 0.29) is 38.2 Å². The molecule has 0 rings (SSSR count). The van der Waals surface area contributed by atoms with Crippen molar-refractivity contribution in [1.29, 1.82) is 0 Å². The standard InChI is InChI=1S/C28H51N11O12/c1-12(2)21(26(49)38-16(10-40)22(45)34-9-19(44)35-15(27(50)51)6-7-18(29)43)39-23(46)14(5-4-8-33-28(31)32)36-24(47)17(11-41)37-25(48)20(30)13(3)42/h12-17,20-21,40-42H,4-11,30H2,1-3H3,(H2,29,43)(H,34,45)(H,35,44)(H,36,47)(H,37,48)(H,38,49)(H,39,46)(H,50,51)(H4,31,32,33)/t13-,14+,15+,16+,17+,20+,21+/m1/s1. The summed E-state index contributed by atoms with van der Waals surface area (Å²) in [6, 6.07) is -8.88. The number of aliphatic hydroxyl groups is 3. The van der Waals surface area contributed by atoms with Gasteiger partial charge in [0.25, 0.3) is 0 Å². The van der Waals surface area contributed by atoms with Gasteiger partial charge in [-0.05, 0) is 32.1 Å². The fourth-order valence-corrected chi connectivity index (χ4v) is 4.05. The molecule has 7 atom stereocenters. The molecule has 0 saturated carbocycles. The van der Waals surface area contributed by atoms with E-state index < -0.39 is 115 Å². The first-order valence-electron chi connectivity index (χ1n) is 15.8. The van der Waals surface area contributed by atoms with Gasteiger partial charge in [-0.25, -0.2) is 4.79 Å². The molecule has 0 radical (unpaired) electrons. The number of carboxylic acids is 1. The van der Waals surface area contributed by atoms with Crippen LogP contribution < -0.4 is 54.8 Å². The number of hydrogen-bond donors (Lipinski definition) is 14. The lowest BCUT2D eigenvalue weighted by molar-refractivity contribution is -0.142. The minimum absolute atomic E-state index is 0.0368. The van der Waals surface area contributed by atoms with Crippen LogP contribution in [0.15, 0.2) is 4.99 Å². The zero-order chi connectivity index (χ0) is 39.4. The maximum Gasteiger partial charge on any atom is 0.326 e. The Balaban J connectivity index is 5.73. The third-order valence-corrected chi connectivity index (χ3v) is 7.01. The number of nitrogens with two attached hydrogens (primary N) is 4. The van der Waals surface area contributed by atoms with Gasteiger partial charge in [0.1, 0.15) is 36.3 Å². The zero-order valence-electron chi connectivity index (χ0n) is 28.6. The highest BCUT2D eigenvalue weighted by molar-refractivity contribution is 5.96. The van der Waals surface area contributed by atoms with Gasteiger partial charge in [0.05, 0.1) is 25.9 Å². The Kier molecular flexibility index (Phi) is 21.0. The Bertz CT molecular complexity index is 1260. The van der Waals surface area contributed by atoms with Gasteiger partial charge >= 0.3 is 5.97 Å². The lowest BCUT2D eigenvalue weighted by Crippen LogP contribution is -2.61. The van der Waals surface area contributed by atoms with E-state index in [4.69, 9.17) is 22.9 Å². The van der Waals surface area contributed by atoms with Crippen molar-refractivity contribution in [2.45, 2.75) is 88.8 Å². The van der Waals surface area contributed by atoms with Gasteiger partial charge in [-0.3, -0.25) is 38.6 Å². The summed E-state index contributed by atoms with van der Waals surface area (Å²) in [5, 5.41) is 51.7. The smallest absolute Gasteiger partial charge is 0.326 e. The second-order valence-corrected chi connectivity index (χ2v) is 11.7. The number of nitrogens with one attached hydrogen (secondary N) is 6. The van der Waals surface area contributed by atoms with Gasteiger partial charge < -0.3 is 75.3 Å². The zero-order valence-corrected chi connectivity index (χ0v) is 28.6. The summed E-state index contributed by atoms with van der Waals surface area (Å²) in [7, 11) is 0. The minimum Gasteiger partial charge on any atom is -0.480 e. The van der Waals surface area contributed by atoms with E-state index in [9.17, 15) is 58.8 Å². The largest absolute Gasteiger partial charge is 0.480 e. The van der Waals surface area contributed by atoms with Crippen molar-refractivity contribution < 1.29 is 58.8 Å². The molecule has 0 spiro atoms.